The van der Waals surface area contributed by atoms with Crippen LogP contribution in [0.15, 0.2) is 5.29 Å². The van der Waals surface area contributed by atoms with Crippen LogP contribution in [0.2, 0.25) is 0 Å². The van der Waals surface area contributed by atoms with Crippen molar-refractivity contribution in [3.63, 3.8) is 0 Å². The number of amides is 2. The molecule has 1 fully saturated rings. The van der Waals surface area contributed by atoms with Crippen molar-refractivity contribution >= 4 is 21.9 Å². The predicted octanol–water partition coefficient (Wildman–Crippen LogP) is -1.32. The quantitative estimate of drug-likeness (QED) is 0.341. The lowest BCUT2D eigenvalue weighted by molar-refractivity contribution is -0.138. The minimum Gasteiger partial charge on any atom is -0.285 e. The lowest BCUT2D eigenvalue weighted by atomic mass is 10.4. The van der Waals surface area contributed by atoms with Gasteiger partial charge in [0.05, 0.1) is 11.7 Å². The number of rotatable bonds is 2. The maximum absolute atomic E-state index is 10.9. The maximum atomic E-state index is 10.9. The van der Waals surface area contributed by atoms with Gasteiger partial charge in [0.1, 0.15) is 0 Å². The molecule has 0 spiro atoms. The Morgan fingerprint density at radius 1 is 1.46 bits per heavy atom. The van der Waals surface area contributed by atoms with E-state index in [9.17, 15) is 22.9 Å². The summed E-state index contributed by atoms with van der Waals surface area (Å²) < 4.78 is 29.4. The van der Waals surface area contributed by atoms with Crippen LogP contribution in [0.1, 0.15) is 6.42 Å². The van der Waals surface area contributed by atoms with Gasteiger partial charge in [-0.05, 0) is 0 Å². The second kappa shape index (κ2) is 2.85. The van der Waals surface area contributed by atoms with Gasteiger partial charge in [-0.2, -0.15) is 8.42 Å². The van der Waals surface area contributed by atoms with E-state index in [1.54, 1.807) is 0 Å². The van der Waals surface area contributed by atoms with Crippen LogP contribution < -0.4 is 0 Å². The average Bonchev–Trinajstić information content (AvgIpc) is 2.25. The van der Waals surface area contributed by atoms with Crippen molar-refractivity contribution in [3.05, 3.63) is 4.91 Å². The summed E-state index contributed by atoms with van der Waals surface area (Å²) in [7, 11) is -4.64. The van der Waals surface area contributed by atoms with Crippen LogP contribution >= 0.6 is 0 Å². The molecule has 0 radical (unpaired) electrons. The zero-order valence-corrected chi connectivity index (χ0v) is 6.89. The van der Waals surface area contributed by atoms with Crippen molar-refractivity contribution in [2.45, 2.75) is 11.7 Å². The Bertz CT molecular complexity index is 372. The number of imide groups is 1. The van der Waals surface area contributed by atoms with E-state index in [0.717, 1.165) is 0 Å². The molecule has 1 rings (SSSR count). The summed E-state index contributed by atoms with van der Waals surface area (Å²) in [6.07, 6.45) is -0.747. The van der Waals surface area contributed by atoms with Gasteiger partial charge in [0.2, 0.25) is 0 Å². The average molecular weight is 208 g/mol. The molecule has 0 aromatic heterocycles. The van der Waals surface area contributed by atoms with Gasteiger partial charge < -0.3 is 0 Å². The van der Waals surface area contributed by atoms with Crippen molar-refractivity contribution in [2.75, 3.05) is 0 Å². The summed E-state index contributed by atoms with van der Waals surface area (Å²) in [4.78, 5) is 31.4. The van der Waals surface area contributed by atoms with Crippen LogP contribution in [0.5, 0.6) is 0 Å². The summed E-state index contributed by atoms with van der Waals surface area (Å²) >= 11 is 0. The third-order valence-electron chi connectivity index (χ3n) is 1.52. The molecule has 1 N–H and O–H groups in total. The van der Waals surface area contributed by atoms with Gasteiger partial charge in [0.15, 0.2) is 5.25 Å². The normalized spacial score (nSPS) is 23.8. The Morgan fingerprint density at radius 3 is 2.23 bits per heavy atom. The number of nitroso groups, excluding NO2 is 1. The van der Waals surface area contributed by atoms with Gasteiger partial charge in [-0.25, -0.2) is 0 Å². The third kappa shape index (κ3) is 1.55. The molecule has 1 unspecified atom stereocenters. The first-order valence-corrected chi connectivity index (χ1v) is 4.54. The van der Waals surface area contributed by atoms with Crippen LogP contribution in [-0.2, 0) is 19.7 Å². The van der Waals surface area contributed by atoms with Crippen LogP contribution in [0.25, 0.3) is 0 Å². The molecule has 9 heteroatoms. The van der Waals surface area contributed by atoms with Crippen molar-refractivity contribution < 1.29 is 22.6 Å². The largest absolute Gasteiger partial charge is 0.285 e. The lowest BCUT2D eigenvalue weighted by Crippen LogP contribution is -2.31. The van der Waals surface area contributed by atoms with Crippen LogP contribution in [-0.4, -0.2) is 35.0 Å². The fourth-order valence-electron chi connectivity index (χ4n) is 0.910. The summed E-state index contributed by atoms with van der Waals surface area (Å²) in [5.74, 6) is -2.36. The smallest absolute Gasteiger partial charge is 0.277 e. The molecule has 2 amide bonds. The lowest BCUT2D eigenvalue weighted by Gasteiger charge is -2.01. The molecule has 72 valence electrons. The van der Waals surface area contributed by atoms with E-state index >= 15 is 0 Å². The highest BCUT2D eigenvalue weighted by Crippen LogP contribution is 2.18. The fourth-order valence-corrected chi connectivity index (χ4v) is 1.62. The highest BCUT2D eigenvalue weighted by molar-refractivity contribution is 7.87. The Balaban J connectivity index is 3.05. The van der Waals surface area contributed by atoms with E-state index in [2.05, 4.69) is 0 Å². The highest BCUT2D eigenvalue weighted by Gasteiger charge is 2.47. The van der Waals surface area contributed by atoms with E-state index in [4.69, 9.17) is 4.55 Å². The Morgan fingerprint density at radius 2 is 2.00 bits per heavy atom. The van der Waals surface area contributed by atoms with E-state index in [0.29, 0.717) is 0 Å². The van der Waals surface area contributed by atoms with Crippen LogP contribution in [0.3, 0.4) is 0 Å². The van der Waals surface area contributed by atoms with Gasteiger partial charge in [-0.3, -0.25) is 14.1 Å². The molecular formula is C4H4N2O6S. The Hall–Kier alpha value is -1.35. The van der Waals surface area contributed by atoms with Gasteiger partial charge in [0.25, 0.3) is 21.9 Å². The summed E-state index contributed by atoms with van der Waals surface area (Å²) in [5.41, 5.74) is 0. The Kier molecular flexibility index (Phi) is 2.14. The van der Waals surface area contributed by atoms with E-state index in [1.807, 2.05) is 5.29 Å². The summed E-state index contributed by atoms with van der Waals surface area (Å²) in [6, 6.07) is 0. The molecule has 1 aliphatic rings. The van der Waals surface area contributed by atoms with E-state index in [-0.39, 0.29) is 5.01 Å². The summed E-state index contributed by atoms with van der Waals surface area (Å²) in [5, 5.41) is 0.0183. The maximum Gasteiger partial charge on any atom is 0.277 e. The second-order valence-corrected chi connectivity index (χ2v) is 3.93. The van der Waals surface area contributed by atoms with Gasteiger partial charge in [0, 0.05) is 0 Å². The van der Waals surface area contributed by atoms with Gasteiger partial charge >= 0.3 is 0 Å². The molecule has 1 heterocycles. The number of carbonyl (C=O) groups excluding carboxylic acids is 2. The predicted molar refractivity (Wildman–Crippen MR) is 37.6 cm³/mol. The monoisotopic (exact) mass is 208 g/mol. The molecule has 13 heavy (non-hydrogen) atoms. The molecule has 1 aliphatic heterocycles. The minimum atomic E-state index is -4.64. The molecule has 0 saturated carbocycles. The van der Waals surface area contributed by atoms with Gasteiger partial charge in [-0.1, -0.05) is 0 Å². The number of hydrogen-bond donors (Lipinski definition) is 1. The first kappa shape index (κ1) is 9.74. The molecule has 8 nitrogen and oxygen atoms in total. The number of carbonyl (C=O) groups is 2. The summed E-state index contributed by atoms with van der Waals surface area (Å²) in [6.45, 7) is 0. The number of hydrogen-bond acceptors (Lipinski definition) is 6. The molecule has 0 aromatic carbocycles. The van der Waals surface area contributed by atoms with Crippen LogP contribution in [0.4, 0.5) is 0 Å². The molecule has 0 aliphatic carbocycles. The molecule has 1 atom stereocenters. The van der Waals surface area contributed by atoms with Gasteiger partial charge in [-0.15, -0.1) is 9.92 Å². The zero-order chi connectivity index (χ0) is 10.2. The topological polar surface area (TPSA) is 121 Å². The second-order valence-electron chi connectivity index (χ2n) is 2.33. The Labute approximate surface area is 72.2 Å². The molecule has 0 bridgehead atoms. The first-order chi connectivity index (χ1) is 5.88. The molecule has 0 aromatic rings. The SMILES string of the molecule is O=NN1C(=O)CC(S(=O)(=O)O)C1=O. The molecular weight excluding hydrogens is 204 g/mol. The highest BCUT2D eigenvalue weighted by atomic mass is 32.2. The van der Waals surface area contributed by atoms with E-state index < -0.39 is 33.6 Å². The van der Waals surface area contributed by atoms with E-state index in [1.165, 1.54) is 0 Å². The minimum absolute atomic E-state index is 0.113. The van der Waals surface area contributed by atoms with Crippen molar-refractivity contribution in [3.8, 4) is 0 Å². The first-order valence-electron chi connectivity index (χ1n) is 3.04. The molecule has 1 saturated heterocycles. The zero-order valence-electron chi connectivity index (χ0n) is 6.08. The third-order valence-corrected chi connectivity index (χ3v) is 2.61. The number of nitrogens with zero attached hydrogens (tertiary/aromatic N) is 2. The van der Waals surface area contributed by atoms with Crippen molar-refractivity contribution in [1.82, 2.24) is 5.01 Å². The fraction of sp³-hybridized carbons (Fsp3) is 0.500. The van der Waals surface area contributed by atoms with Crippen LogP contribution in [0, 0.1) is 4.91 Å². The van der Waals surface area contributed by atoms with Crippen molar-refractivity contribution in [1.29, 1.82) is 0 Å². The standard InChI is InChI=1S/C4H4N2O6S/c7-3-1-2(13(10,11)12)4(8)6(3)5-9/h2H,1H2,(H,10,11,12). The van der Waals surface area contributed by atoms with Crippen molar-refractivity contribution in [2.24, 2.45) is 5.29 Å².